The summed E-state index contributed by atoms with van der Waals surface area (Å²) < 4.78 is 8.29. The number of halogens is 1. The first-order chi connectivity index (χ1) is 11.5. The fourth-order valence-electron chi connectivity index (χ4n) is 3.39. The maximum Gasteiger partial charge on any atom is 0.254 e. The number of hydrogen-bond acceptors (Lipinski definition) is 4. The second kappa shape index (κ2) is 7.70. The van der Waals surface area contributed by atoms with Gasteiger partial charge < -0.3 is 19.9 Å². The molecule has 1 aliphatic heterocycles. The van der Waals surface area contributed by atoms with E-state index in [9.17, 15) is 9.59 Å². The van der Waals surface area contributed by atoms with Crippen molar-refractivity contribution < 1.29 is 9.53 Å². The summed E-state index contributed by atoms with van der Waals surface area (Å²) in [6.45, 7) is 0.935. The second-order valence-corrected chi connectivity index (χ2v) is 7.54. The second-order valence-electron chi connectivity index (χ2n) is 6.68. The zero-order valence-electron chi connectivity index (χ0n) is 13.9. The molecule has 0 bridgehead atoms. The number of carbonyl (C=O) groups is 1. The van der Waals surface area contributed by atoms with Crippen molar-refractivity contribution in [1.82, 2.24) is 15.2 Å². The van der Waals surface area contributed by atoms with Crippen LogP contribution in [0.1, 0.15) is 38.5 Å². The molecule has 0 aromatic carbocycles. The number of hydrogen-bond donors (Lipinski definition) is 2. The molecule has 7 heteroatoms. The number of ether oxygens (including phenoxy) is 1. The van der Waals surface area contributed by atoms with Crippen molar-refractivity contribution in [2.24, 2.45) is 7.05 Å². The molecule has 2 aliphatic rings. The summed E-state index contributed by atoms with van der Waals surface area (Å²) in [5.41, 5.74) is -0.0850. The molecule has 1 aromatic heterocycles. The Morgan fingerprint density at radius 1 is 1.33 bits per heavy atom. The Labute approximate surface area is 150 Å². The molecular formula is C17H24BrN3O3. The normalized spacial score (nSPS) is 27.0. The van der Waals surface area contributed by atoms with Crippen molar-refractivity contribution in [1.29, 1.82) is 0 Å². The van der Waals surface area contributed by atoms with E-state index < -0.39 is 0 Å². The van der Waals surface area contributed by atoms with Crippen molar-refractivity contribution in [3.8, 4) is 5.75 Å². The van der Waals surface area contributed by atoms with Gasteiger partial charge in [0.2, 0.25) is 5.91 Å². The fraction of sp³-hybridized carbons (Fsp3) is 0.647. The Hall–Kier alpha value is -1.34. The first-order valence-electron chi connectivity index (χ1n) is 8.59. The molecule has 3 rings (SSSR count). The summed E-state index contributed by atoms with van der Waals surface area (Å²) in [6, 6.07) is 1.73. The molecule has 132 valence electrons. The molecule has 0 spiro atoms. The van der Waals surface area contributed by atoms with Gasteiger partial charge in [-0.3, -0.25) is 9.59 Å². The van der Waals surface area contributed by atoms with Gasteiger partial charge in [0.25, 0.3) is 5.56 Å². The first-order valence-corrected chi connectivity index (χ1v) is 9.39. The lowest BCUT2D eigenvalue weighted by Crippen LogP contribution is -2.47. The molecule has 1 aromatic rings. The largest absolute Gasteiger partial charge is 0.489 e. The molecule has 24 heavy (non-hydrogen) atoms. The molecule has 0 unspecified atom stereocenters. The van der Waals surface area contributed by atoms with E-state index in [4.69, 9.17) is 4.74 Å². The Bertz CT molecular complexity index is 647. The third kappa shape index (κ3) is 4.19. The lowest BCUT2D eigenvalue weighted by molar-refractivity contribution is -0.123. The van der Waals surface area contributed by atoms with E-state index in [0.717, 1.165) is 49.5 Å². The van der Waals surface area contributed by atoms with E-state index >= 15 is 0 Å². The lowest BCUT2D eigenvalue weighted by Gasteiger charge is -2.30. The third-order valence-electron chi connectivity index (χ3n) is 4.84. The van der Waals surface area contributed by atoms with E-state index in [-0.39, 0.29) is 29.7 Å². The Morgan fingerprint density at radius 3 is 2.75 bits per heavy atom. The number of aryl methyl sites for hydroxylation is 1. The standard InChI is InChI=1S/C17H24BrN3O3/c1-21-10-13(18)15(9-16(21)22)24-12-6-4-11(5-7-12)20-17(23)14-3-2-8-19-14/h9-12,14,19H,2-8H2,1H3,(H,20,23)/t11?,12?,14-/m0/s1. The summed E-state index contributed by atoms with van der Waals surface area (Å²) in [7, 11) is 1.71. The zero-order chi connectivity index (χ0) is 17.1. The molecule has 2 fully saturated rings. The summed E-state index contributed by atoms with van der Waals surface area (Å²) in [6.07, 6.45) is 7.39. The van der Waals surface area contributed by atoms with Crippen LogP contribution in [0.25, 0.3) is 0 Å². The highest BCUT2D eigenvalue weighted by Crippen LogP contribution is 2.28. The highest BCUT2D eigenvalue weighted by Gasteiger charge is 2.28. The summed E-state index contributed by atoms with van der Waals surface area (Å²) in [5, 5.41) is 6.38. The molecule has 6 nitrogen and oxygen atoms in total. The molecule has 2 heterocycles. The van der Waals surface area contributed by atoms with Crippen LogP contribution >= 0.6 is 15.9 Å². The zero-order valence-corrected chi connectivity index (χ0v) is 15.5. The van der Waals surface area contributed by atoms with Crippen LogP contribution in [0.2, 0.25) is 0 Å². The minimum atomic E-state index is -0.0850. The van der Waals surface area contributed by atoms with E-state index in [2.05, 4.69) is 26.6 Å². The molecule has 1 aliphatic carbocycles. The number of carbonyl (C=O) groups excluding carboxylic acids is 1. The Kier molecular flexibility index (Phi) is 5.61. The highest BCUT2D eigenvalue weighted by atomic mass is 79.9. The van der Waals surface area contributed by atoms with Gasteiger partial charge in [0, 0.05) is 25.4 Å². The Balaban J connectivity index is 1.49. The minimum Gasteiger partial charge on any atom is -0.489 e. The number of nitrogens with zero attached hydrogens (tertiary/aromatic N) is 1. The lowest BCUT2D eigenvalue weighted by atomic mass is 9.92. The van der Waals surface area contributed by atoms with Gasteiger partial charge in [-0.1, -0.05) is 0 Å². The monoisotopic (exact) mass is 397 g/mol. The first kappa shape index (κ1) is 17.5. The summed E-state index contributed by atoms with van der Waals surface area (Å²) in [4.78, 5) is 23.9. The number of nitrogens with one attached hydrogen (secondary N) is 2. The molecule has 0 radical (unpaired) electrons. The molecule has 1 saturated heterocycles. The van der Waals surface area contributed by atoms with Gasteiger partial charge >= 0.3 is 0 Å². The maximum absolute atomic E-state index is 12.2. The molecule has 1 amide bonds. The van der Waals surface area contributed by atoms with Crippen LogP contribution in [0.5, 0.6) is 5.75 Å². The van der Waals surface area contributed by atoms with Crippen molar-refractivity contribution in [3.05, 3.63) is 27.1 Å². The minimum absolute atomic E-state index is 0.0181. The van der Waals surface area contributed by atoms with Crippen molar-refractivity contribution >= 4 is 21.8 Å². The van der Waals surface area contributed by atoms with Gasteiger partial charge in [-0.15, -0.1) is 0 Å². The maximum atomic E-state index is 12.2. The SMILES string of the molecule is Cn1cc(Br)c(OC2CCC(NC(=O)[C@@H]3CCCN3)CC2)cc1=O. The van der Waals surface area contributed by atoms with E-state index in [1.165, 1.54) is 10.6 Å². The van der Waals surface area contributed by atoms with Crippen LogP contribution in [0.3, 0.4) is 0 Å². The number of pyridine rings is 1. The van der Waals surface area contributed by atoms with Crippen molar-refractivity contribution in [2.45, 2.75) is 56.7 Å². The van der Waals surface area contributed by atoms with Crippen LogP contribution in [0, 0.1) is 0 Å². The van der Waals surface area contributed by atoms with Gasteiger partial charge in [0.05, 0.1) is 16.6 Å². The van der Waals surface area contributed by atoms with E-state index in [0.29, 0.717) is 5.75 Å². The average molecular weight is 398 g/mol. The van der Waals surface area contributed by atoms with Gasteiger partial charge in [-0.05, 0) is 61.0 Å². The molecule has 1 atom stereocenters. The quantitative estimate of drug-likeness (QED) is 0.810. The van der Waals surface area contributed by atoms with Crippen molar-refractivity contribution in [3.63, 3.8) is 0 Å². The molecule has 2 N–H and O–H groups in total. The van der Waals surface area contributed by atoms with Crippen LogP contribution < -0.4 is 20.9 Å². The number of amides is 1. The van der Waals surface area contributed by atoms with Crippen LogP contribution in [0.15, 0.2) is 21.5 Å². The average Bonchev–Trinajstić information content (AvgIpc) is 3.09. The van der Waals surface area contributed by atoms with Gasteiger partial charge in [-0.25, -0.2) is 0 Å². The van der Waals surface area contributed by atoms with Gasteiger partial charge in [0.1, 0.15) is 5.75 Å². The van der Waals surface area contributed by atoms with Crippen LogP contribution in [0.4, 0.5) is 0 Å². The highest BCUT2D eigenvalue weighted by molar-refractivity contribution is 9.10. The Morgan fingerprint density at radius 2 is 2.08 bits per heavy atom. The topological polar surface area (TPSA) is 72.4 Å². The van der Waals surface area contributed by atoms with Gasteiger partial charge in [-0.2, -0.15) is 0 Å². The van der Waals surface area contributed by atoms with E-state index in [1.54, 1.807) is 13.2 Å². The number of rotatable bonds is 4. The smallest absolute Gasteiger partial charge is 0.254 e. The predicted molar refractivity (Wildman–Crippen MR) is 95.2 cm³/mol. The third-order valence-corrected chi connectivity index (χ3v) is 5.43. The van der Waals surface area contributed by atoms with Crippen LogP contribution in [-0.4, -0.2) is 35.2 Å². The van der Waals surface area contributed by atoms with E-state index in [1.807, 2.05) is 0 Å². The fourth-order valence-corrected chi connectivity index (χ4v) is 3.90. The molecule has 1 saturated carbocycles. The summed E-state index contributed by atoms with van der Waals surface area (Å²) >= 11 is 3.44. The summed E-state index contributed by atoms with van der Waals surface area (Å²) in [5.74, 6) is 0.729. The van der Waals surface area contributed by atoms with Gasteiger partial charge in [0.15, 0.2) is 0 Å². The number of aromatic nitrogens is 1. The van der Waals surface area contributed by atoms with Crippen LogP contribution in [-0.2, 0) is 11.8 Å². The van der Waals surface area contributed by atoms with Crippen molar-refractivity contribution in [2.75, 3.05) is 6.54 Å². The molecular weight excluding hydrogens is 374 g/mol. The predicted octanol–water partition coefficient (Wildman–Crippen LogP) is 1.71.